The molecule has 0 aliphatic carbocycles. The van der Waals surface area contributed by atoms with Crippen LogP contribution in [-0.2, 0) is 6.61 Å². The van der Waals surface area contributed by atoms with Gasteiger partial charge in [-0.25, -0.2) is 4.68 Å². The van der Waals surface area contributed by atoms with Gasteiger partial charge in [0.1, 0.15) is 12.3 Å². The molecule has 0 aliphatic rings. The minimum absolute atomic E-state index is 0.150. The zero-order chi connectivity index (χ0) is 22.9. The molecule has 0 saturated heterocycles. The second-order valence-corrected chi connectivity index (χ2v) is 8.15. The molecule has 0 N–H and O–H groups in total. The summed E-state index contributed by atoms with van der Waals surface area (Å²) >= 11 is 0. The first-order valence-corrected chi connectivity index (χ1v) is 11.6. The van der Waals surface area contributed by atoms with Crippen LogP contribution in [0.5, 0.6) is 5.75 Å². The Morgan fingerprint density at radius 1 is 0.909 bits per heavy atom. The molecule has 0 fully saturated rings. The lowest BCUT2D eigenvalue weighted by molar-refractivity contribution is 0.297. The third kappa shape index (κ3) is 5.77. The maximum absolute atomic E-state index is 13.4. The number of ether oxygens (including phenoxy) is 1. The van der Waals surface area contributed by atoms with Crippen molar-refractivity contribution in [3.63, 3.8) is 0 Å². The van der Waals surface area contributed by atoms with Gasteiger partial charge in [0.25, 0.3) is 5.56 Å². The summed E-state index contributed by atoms with van der Waals surface area (Å²) in [6.07, 6.45) is 9.04. The van der Waals surface area contributed by atoms with Gasteiger partial charge in [0.2, 0.25) is 0 Å². The van der Waals surface area contributed by atoms with E-state index in [1.807, 2.05) is 79.1 Å². The fraction of sp³-hybridized carbons (Fsp3) is 0.296. The second-order valence-electron chi connectivity index (χ2n) is 8.15. The van der Waals surface area contributed by atoms with Crippen LogP contribution in [0.25, 0.3) is 5.69 Å². The summed E-state index contributed by atoms with van der Waals surface area (Å²) in [5.41, 5.74) is 2.59. The standard InChI is InChI=1S/C27H30N4O2/c1-2-3-4-11-17-25(24-20-31(29-28-24)23-15-9-6-10-16-23)30-19-12-18-26(27(30)32)33-21-22-13-7-5-8-14-22/h5-10,12-16,18-20,25H,2-4,11,17,21H2,1H3. The highest BCUT2D eigenvalue weighted by Crippen LogP contribution is 2.24. The average molecular weight is 443 g/mol. The maximum Gasteiger partial charge on any atom is 0.293 e. The topological polar surface area (TPSA) is 61.9 Å². The molecule has 6 nitrogen and oxygen atoms in total. The van der Waals surface area contributed by atoms with Gasteiger partial charge in [-0.05, 0) is 36.2 Å². The average Bonchev–Trinajstić information content (AvgIpc) is 3.35. The highest BCUT2D eigenvalue weighted by molar-refractivity contribution is 5.30. The Labute approximate surface area is 194 Å². The van der Waals surface area contributed by atoms with Gasteiger partial charge in [0.15, 0.2) is 5.75 Å². The van der Waals surface area contributed by atoms with Crippen molar-refractivity contribution in [2.45, 2.75) is 51.7 Å². The summed E-state index contributed by atoms with van der Waals surface area (Å²) in [6, 6.07) is 23.1. The predicted molar refractivity (Wildman–Crippen MR) is 130 cm³/mol. The Bertz CT molecular complexity index is 1190. The molecular weight excluding hydrogens is 412 g/mol. The summed E-state index contributed by atoms with van der Waals surface area (Å²) in [6.45, 7) is 2.55. The van der Waals surface area contributed by atoms with Crippen LogP contribution in [0.1, 0.15) is 56.3 Å². The van der Waals surface area contributed by atoms with E-state index < -0.39 is 0 Å². The number of rotatable bonds is 11. The molecule has 170 valence electrons. The zero-order valence-electron chi connectivity index (χ0n) is 19.0. The summed E-state index contributed by atoms with van der Waals surface area (Å²) in [5.74, 6) is 0.343. The van der Waals surface area contributed by atoms with Crippen LogP contribution in [0, 0.1) is 0 Å². The number of para-hydroxylation sites is 1. The van der Waals surface area contributed by atoms with Gasteiger partial charge in [-0.15, -0.1) is 5.10 Å². The van der Waals surface area contributed by atoms with E-state index in [0.717, 1.165) is 42.6 Å². The first kappa shape index (κ1) is 22.5. The van der Waals surface area contributed by atoms with E-state index in [2.05, 4.69) is 17.2 Å². The highest BCUT2D eigenvalue weighted by Gasteiger charge is 2.20. The molecule has 6 heteroatoms. The summed E-state index contributed by atoms with van der Waals surface area (Å²) in [4.78, 5) is 13.4. The predicted octanol–water partition coefficient (Wildman–Crippen LogP) is 5.57. The number of pyridine rings is 1. The van der Waals surface area contributed by atoms with Gasteiger partial charge >= 0.3 is 0 Å². The minimum atomic E-state index is -0.202. The van der Waals surface area contributed by atoms with Crippen LogP contribution < -0.4 is 10.3 Å². The van der Waals surface area contributed by atoms with E-state index in [-0.39, 0.29) is 11.6 Å². The molecule has 0 spiro atoms. The number of benzene rings is 2. The van der Waals surface area contributed by atoms with Crippen molar-refractivity contribution in [2.75, 3.05) is 0 Å². The normalized spacial score (nSPS) is 11.9. The van der Waals surface area contributed by atoms with E-state index in [0.29, 0.717) is 12.4 Å². The molecular formula is C27H30N4O2. The van der Waals surface area contributed by atoms with Crippen molar-refractivity contribution in [3.05, 3.63) is 107 Å². The molecule has 0 radical (unpaired) electrons. The summed E-state index contributed by atoms with van der Waals surface area (Å²) in [5, 5.41) is 8.77. The van der Waals surface area contributed by atoms with Crippen molar-refractivity contribution >= 4 is 0 Å². The Hall–Kier alpha value is -3.67. The number of nitrogens with zero attached hydrogens (tertiary/aromatic N) is 4. The summed E-state index contributed by atoms with van der Waals surface area (Å²) < 4.78 is 9.39. The van der Waals surface area contributed by atoms with Crippen LogP contribution in [-0.4, -0.2) is 19.6 Å². The molecule has 4 rings (SSSR count). The molecule has 0 amide bonds. The van der Waals surface area contributed by atoms with Gasteiger partial charge in [0.05, 0.1) is 17.9 Å². The van der Waals surface area contributed by atoms with E-state index in [1.165, 1.54) is 6.42 Å². The fourth-order valence-electron chi connectivity index (χ4n) is 3.91. The van der Waals surface area contributed by atoms with Gasteiger partial charge in [0, 0.05) is 6.20 Å². The second kappa shape index (κ2) is 11.3. The van der Waals surface area contributed by atoms with Crippen molar-refractivity contribution in [3.8, 4) is 11.4 Å². The SMILES string of the molecule is CCCCCCC(c1cn(-c2ccccc2)nn1)n1cccc(OCc2ccccc2)c1=O. The van der Waals surface area contributed by atoms with Gasteiger partial charge < -0.3 is 9.30 Å². The fourth-order valence-corrected chi connectivity index (χ4v) is 3.91. The molecule has 0 aliphatic heterocycles. The van der Waals surface area contributed by atoms with Crippen LogP contribution in [0.3, 0.4) is 0 Å². The van der Waals surface area contributed by atoms with E-state index in [9.17, 15) is 4.79 Å². The Morgan fingerprint density at radius 3 is 2.42 bits per heavy atom. The van der Waals surface area contributed by atoms with Crippen molar-refractivity contribution in [2.24, 2.45) is 0 Å². The van der Waals surface area contributed by atoms with Gasteiger partial charge in [-0.1, -0.05) is 86.4 Å². The smallest absolute Gasteiger partial charge is 0.293 e. The monoisotopic (exact) mass is 442 g/mol. The Balaban J connectivity index is 1.60. The zero-order valence-corrected chi connectivity index (χ0v) is 19.0. The molecule has 4 aromatic rings. The Morgan fingerprint density at radius 2 is 1.67 bits per heavy atom. The molecule has 1 atom stereocenters. The van der Waals surface area contributed by atoms with Crippen molar-refractivity contribution < 1.29 is 4.74 Å². The van der Waals surface area contributed by atoms with Gasteiger partial charge in [-0.3, -0.25) is 4.79 Å². The first-order chi connectivity index (χ1) is 16.3. The largest absolute Gasteiger partial charge is 0.483 e. The molecule has 1 unspecified atom stereocenters. The van der Waals surface area contributed by atoms with Crippen molar-refractivity contribution in [1.29, 1.82) is 0 Å². The molecule has 2 aromatic heterocycles. The minimum Gasteiger partial charge on any atom is -0.483 e. The number of hydrogen-bond donors (Lipinski definition) is 0. The lowest BCUT2D eigenvalue weighted by Gasteiger charge is -2.18. The molecule has 2 aromatic carbocycles. The molecule has 0 saturated carbocycles. The van der Waals surface area contributed by atoms with Crippen LogP contribution in [0.4, 0.5) is 0 Å². The number of aromatic nitrogens is 4. The number of unbranched alkanes of at least 4 members (excludes halogenated alkanes) is 3. The third-order valence-electron chi connectivity index (χ3n) is 5.72. The first-order valence-electron chi connectivity index (χ1n) is 11.6. The molecule has 0 bridgehead atoms. The molecule has 33 heavy (non-hydrogen) atoms. The third-order valence-corrected chi connectivity index (χ3v) is 5.72. The molecule has 2 heterocycles. The van der Waals surface area contributed by atoms with Crippen molar-refractivity contribution in [1.82, 2.24) is 19.6 Å². The number of hydrogen-bond acceptors (Lipinski definition) is 4. The van der Waals surface area contributed by atoms with Crippen LogP contribution in [0.2, 0.25) is 0 Å². The quantitative estimate of drug-likeness (QED) is 0.285. The van der Waals surface area contributed by atoms with E-state index >= 15 is 0 Å². The van der Waals surface area contributed by atoms with Gasteiger partial charge in [-0.2, -0.15) is 0 Å². The maximum atomic E-state index is 13.4. The lowest BCUT2D eigenvalue weighted by atomic mass is 10.0. The van der Waals surface area contributed by atoms with Crippen LogP contribution >= 0.6 is 0 Å². The lowest BCUT2D eigenvalue weighted by Crippen LogP contribution is -2.26. The van der Waals surface area contributed by atoms with E-state index in [1.54, 1.807) is 15.3 Å². The van der Waals surface area contributed by atoms with Crippen LogP contribution in [0.15, 0.2) is 90.0 Å². The van der Waals surface area contributed by atoms with E-state index in [4.69, 9.17) is 4.74 Å². The summed E-state index contributed by atoms with van der Waals surface area (Å²) in [7, 11) is 0. The highest BCUT2D eigenvalue weighted by atomic mass is 16.5. The Kier molecular flexibility index (Phi) is 7.69.